The smallest absolute Gasteiger partial charge is 0.281 e. The lowest BCUT2D eigenvalue weighted by atomic mass is 10.0. The van der Waals surface area contributed by atoms with Crippen molar-refractivity contribution in [3.63, 3.8) is 0 Å². The van der Waals surface area contributed by atoms with Crippen LogP contribution in [0.25, 0.3) is 0 Å². The van der Waals surface area contributed by atoms with E-state index < -0.39 is 17.8 Å². The fourth-order valence-electron chi connectivity index (χ4n) is 3.25. The number of rotatable bonds is 4. The van der Waals surface area contributed by atoms with Gasteiger partial charge in [-0.25, -0.2) is 9.69 Å². The second kappa shape index (κ2) is 6.42. The maximum atomic E-state index is 12.6. The number of thiophene rings is 1. The van der Waals surface area contributed by atoms with Crippen LogP contribution in [-0.2, 0) is 29.1 Å². The first-order valence-corrected chi connectivity index (χ1v) is 9.00. The van der Waals surface area contributed by atoms with Crippen molar-refractivity contribution >= 4 is 29.2 Å². The van der Waals surface area contributed by atoms with Crippen molar-refractivity contribution in [3.8, 4) is 0 Å². The predicted octanol–water partition coefficient (Wildman–Crippen LogP) is 2.05. The fraction of sp³-hybridized carbons (Fsp3) is 0.278. The number of imide groups is 2. The van der Waals surface area contributed by atoms with E-state index in [1.807, 2.05) is 34.5 Å². The van der Waals surface area contributed by atoms with Crippen molar-refractivity contribution in [1.29, 1.82) is 0 Å². The molecule has 0 bridgehead atoms. The van der Waals surface area contributed by atoms with Crippen LogP contribution in [-0.4, -0.2) is 45.8 Å². The zero-order valence-corrected chi connectivity index (χ0v) is 14.4. The van der Waals surface area contributed by atoms with E-state index in [4.69, 9.17) is 0 Å². The summed E-state index contributed by atoms with van der Waals surface area (Å²) in [4.78, 5) is 42.0. The molecule has 128 valence electrons. The maximum Gasteiger partial charge on any atom is 0.335 e. The zero-order valence-electron chi connectivity index (χ0n) is 13.6. The Balaban J connectivity index is 1.47. The number of carbonyl (C=O) groups excluding carboxylic acids is 3. The van der Waals surface area contributed by atoms with E-state index in [0.29, 0.717) is 6.54 Å². The van der Waals surface area contributed by atoms with E-state index >= 15 is 0 Å². The first-order valence-electron chi connectivity index (χ1n) is 8.12. The van der Waals surface area contributed by atoms with Crippen molar-refractivity contribution in [2.45, 2.75) is 19.5 Å². The second-order valence-corrected chi connectivity index (χ2v) is 7.23. The van der Waals surface area contributed by atoms with Gasteiger partial charge in [0.1, 0.15) is 0 Å². The van der Waals surface area contributed by atoms with Gasteiger partial charge in [0.25, 0.3) is 0 Å². The Hall–Kier alpha value is -2.51. The van der Waals surface area contributed by atoms with Crippen molar-refractivity contribution in [2.75, 3.05) is 13.2 Å². The summed E-state index contributed by atoms with van der Waals surface area (Å²) in [6, 6.07) is 11.3. The Labute approximate surface area is 149 Å². The molecule has 0 aliphatic carbocycles. The molecule has 7 heteroatoms. The molecule has 4 rings (SSSR count). The molecule has 3 heterocycles. The summed E-state index contributed by atoms with van der Waals surface area (Å²) < 4.78 is 0. The van der Waals surface area contributed by atoms with Gasteiger partial charge in [-0.1, -0.05) is 30.3 Å². The molecule has 0 spiro atoms. The molecule has 0 saturated carbocycles. The highest BCUT2D eigenvalue weighted by Crippen LogP contribution is 2.22. The summed E-state index contributed by atoms with van der Waals surface area (Å²) in [5.41, 5.74) is 2.50. The molecule has 1 saturated heterocycles. The van der Waals surface area contributed by atoms with Crippen LogP contribution in [0.4, 0.5) is 4.79 Å². The van der Waals surface area contributed by atoms with Crippen molar-refractivity contribution in [3.05, 3.63) is 57.8 Å². The quantitative estimate of drug-likeness (QED) is 0.622. The van der Waals surface area contributed by atoms with E-state index in [9.17, 15) is 14.4 Å². The van der Waals surface area contributed by atoms with E-state index in [-0.39, 0.29) is 13.2 Å². The Kier molecular flexibility index (Phi) is 4.10. The van der Waals surface area contributed by atoms with E-state index in [0.717, 1.165) is 27.6 Å². The Morgan fingerprint density at radius 1 is 0.920 bits per heavy atom. The number of benzene rings is 1. The number of fused-ring (bicyclic) bond motifs is 1. The molecule has 0 unspecified atom stereocenters. The Bertz CT molecular complexity index is 834. The van der Waals surface area contributed by atoms with Crippen LogP contribution in [0.2, 0.25) is 0 Å². The van der Waals surface area contributed by atoms with Crippen molar-refractivity contribution < 1.29 is 14.4 Å². The molecule has 0 atom stereocenters. The van der Waals surface area contributed by atoms with Crippen molar-refractivity contribution in [2.24, 2.45) is 0 Å². The molecule has 25 heavy (non-hydrogen) atoms. The highest BCUT2D eigenvalue weighted by atomic mass is 32.1. The summed E-state index contributed by atoms with van der Waals surface area (Å²) in [5, 5.41) is 1.88. The zero-order chi connectivity index (χ0) is 17.4. The van der Waals surface area contributed by atoms with Gasteiger partial charge in [-0.05, 0) is 29.0 Å². The van der Waals surface area contributed by atoms with Gasteiger partial charge in [0.2, 0.25) is 0 Å². The predicted molar refractivity (Wildman–Crippen MR) is 92.5 cm³/mol. The van der Waals surface area contributed by atoms with Crippen LogP contribution >= 0.6 is 11.3 Å². The molecule has 0 radical (unpaired) electrons. The number of carbonyl (C=O) groups is 3. The molecular formula is C18H17N3O3S. The number of amides is 4. The van der Waals surface area contributed by atoms with Crippen LogP contribution in [0.15, 0.2) is 41.8 Å². The first-order chi connectivity index (χ1) is 12.1. The van der Waals surface area contributed by atoms with Crippen LogP contribution in [0, 0.1) is 0 Å². The summed E-state index contributed by atoms with van der Waals surface area (Å²) in [5.74, 6) is -1.48. The fourth-order valence-corrected chi connectivity index (χ4v) is 3.94. The average molecular weight is 355 g/mol. The molecular weight excluding hydrogens is 338 g/mol. The molecule has 2 aliphatic rings. The first kappa shape index (κ1) is 16.0. The van der Waals surface area contributed by atoms with Gasteiger partial charge >= 0.3 is 17.8 Å². The van der Waals surface area contributed by atoms with E-state index in [1.54, 1.807) is 0 Å². The largest absolute Gasteiger partial charge is 0.335 e. The van der Waals surface area contributed by atoms with Gasteiger partial charge in [-0.15, -0.1) is 11.3 Å². The third-order valence-electron chi connectivity index (χ3n) is 4.58. The third-order valence-corrected chi connectivity index (χ3v) is 5.44. The molecule has 0 N–H and O–H groups in total. The van der Waals surface area contributed by atoms with Crippen molar-refractivity contribution in [1.82, 2.24) is 14.7 Å². The highest BCUT2D eigenvalue weighted by Gasteiger charge is 2.45. The van der Waals surface area contributed by atoms with Gasteiger partial charge in [0.15, 0.2) is 0 Å². The summed E-state index contributed by atoms with van der Waals surface area (Å²) in [6.07, 6.45) is 0.874. The van der Waals surface area contributed by atoms with Crippen LogP contribution in [0.5, 0.6) is 0 Å². The molecule has 1 aromatic carbocycles. The molecule has 4 amide bonds. The second-order valence-electron chi connectivity index (χ2n) is 6.20. The van der Waals surface area contributed by atoms with Crippen LogP contribution in [0.3, 0.4) is 0 Å². The Morgan fingerprint density at radius 2 is 1.68 bits per heavy atom. The highest BCUT2D eigenvalue weighted by molar-refractivity contribution is 7.09. The standard InChI is InChI=1S/C18H17N3O3S/c22-16-17(23)21(18(24)20(16)11-15-6-3-9-25-15)12-19-8-7-13-4-1-2-5-14(13)10-19/h1-6,9H,7-8,10-12H2. The van der Waals surface area contributed by atoms with Gasteiger partial charge in [-0.3, -0.25) is 19.4 Å². The number of hydrogen-bond donors (Lipinski definition) is 0. The topological polar surface area (TPSA) is 60.9 Å². The lowest BCUT2D eigenvalue weighted by Crippen LogP contribution is -2.44. The maximum absolute atomic E-state index is 12.6. The molecule has 1 fully saturated rings. The van der Waals surface area contributed by atoms with E-state index in [2.05, 4.69) is 12.1 Å². The lowest BCUT2D eigenvalue weighted by Gasteiger charge is -2.30. The molecule has 1 aromatic heterocycles. The minimum Gasteiger partial charge on any atom is -0.281 e. The summed E-state index contributed by atoms with van der Waals surface area (Å²) in [6.45, 7) is 1.73. The van der Waals surface area contributed by atoms with E-state index in [1.165, 1.54) is 22.5 Å². The lowest BCUT2D eigenvalue weighted by molar-refractivity contribution is -0.144. The van der Waals surface area contributed by atoms with Gasteiger partial charge in [0, 0.05) is 18.0 Å². The van der Waals surface area contributed by atoms with Crippen LogP contribution < -0.4 is 0 Å². The summed E-state index contributed by atoms with van der Waals surface area (Å²) in [7, 11) is 0. The number of urea groups is 1. The molecule has 2 aromatic rings. The van der Waals surface area contributed by atoms with Gasteiger partial charge in [-0.2, -0.15) is 0 Å². The average Bonchev–Trinajstić information content (AvgIpc) is 3.21. The monoisotopic (exact) mass is 355 g/mol. The number of nitrogens with zero attached hydrogens (tertiary/aromatic N) is 3. The van der Waals surface area contributed by atoms with Crippen LogP contribution in [0.1, 0.15) is 16.0 Å². The van der Waals surface area contributed by atoms with Gasteiger partial charge in [0.05, 0.1) is 13.2 Å². The number of hydrogen-bond acceptors (Lipinski definition) is 5. The SMILES string of the molecule is O=C1C(=O)N(CN2CCc3ccccc3C2)C(=O)N1Cc1cccs1. The normalized spacial score (nSPS) is 18.2. The summed E-state index contributed by atoms with van der Waals surface area (Å²) >= 11 is 1.46. The Morgan fingerprint density at radius 3 is 2.44 bits per heavy atom. The third kappa shape index (κ3) is 2.96. The van der Waals surface area contributed by atoms with Gasteiger partial charge < -0.3 is 0 Å². The minimum absolute atomic E-state index is 0.151. The molecule has 2 aliphatic heterocycles. The molecule has 6 nitrogen and oxygen atoms in total. The minimum atomic E-state index is -0.740.